The molecule has 0 spiro atoms. The first-order chi connectivity index (χ1) is 13.0. The number of benzene rings is 2. The second-order valence-corrected chi connectivity index (χ2v) is 7.09. The van der Waals surface area contributed by atoms with E-state index < -0.39 is 11.9 Å². The second kappa shape index (κ2) is 6.59. The summed E-state index contributed by atoms with van der Waals surface area (Å²) in [6, 6.07) is 11.2. The van der Waals surface area contributed by atoms with Crippen molar-refractivity contribution in [3.8, 4) is 11.5 Å². The van der Waals surface area contributed by atoms with Crippen molar-refractivity contribution in [1.82, 2.24) is 0 Å². The molecule has 0 amide bonds. The van der Waals surface area contributed by atoms with Crippen LogP contribution in [0.4, 0.5) is 4.39 Å². The molecule has 1 aliphatic rings. The van der Waals surface area contributed by atoms with Crippen molar-refractivity contribution in [1.29, 1.82) is 0 Å². The van der Waals surface area contributed by atoms with Gasteiger partial charge in [0.15, 0.2) is 5.75 Å². The van der Waals surface area contributed by atoms with Crippen LogP contribution in [-0.4, -0.2) is 17.7 Å². The van der Waals surface area contributed by atoms with Crippen LogP contribution in [0.25, 0.3) is 10.1 Å². The number of hydrogen-bond donors (Lipinski definition) is 2. The third-order valence-corrected chi connectivity index (χ3v) is 5.66. The first kappa shape index (κ1) is 17.4. The minimum absolute atomic E-state index is 0.0667. The molecule has 27 heavy (non-hydrogen) atoms. The van der Waals surface area contributed by atoms with Gasteiger partial charge in [0.1, 0.15) is 17.1 Å². The zero-order valence-corrected chi connectivity index (χ0v) is 15.2. The standard InChI is InChI=1S/C20H16FNO4S/c1-2-25-20(24)15-14(10-6-8-11(23)9-7-10)18-16(26-19(15)22)12-4-3-5-13(21)17(12)27-18/h3-9,14,23H,2,22H2,1H3. The van der Waals surface area contributed by atoms with Gasteiger partial charge in [-0.3, -0.25) is 0 Å². The van der Waals surface area contributed by atoms with Crippen LogP contribution in [0, 0.1) is 5.82 Å². The Bertz CT molecular complexity index is 1070. The Balaban J connectivity index is 1.97. The molecule has 7 heteroatoms. The molecule has 2 aromatic carbocycles. The fourth-order valence-electron chi connectivity index (χ4n) is 3.23. The molecule has 1 unspecified atom stereocenters. The van der Waals surface area contributed by atoms with Crippen LogP contribution >= 0.6 is 11.3 Å². The maximum Gasteiger partial charge on any atom is 0.340 e. The van der Waals surface area contributed by atoms with E-state index in [1.54, 1.807) is 31.2 Å². The molecule has 0 fully saturated rings. The Morgan fingerprint density at radius 2 is 2.04 bits per heavy atom. The number of hydrogen-bond acceptors (Lipinski definition) is 6. The molecule has 4 rings (SSSR count). The summed E-state index contributed by atoms with van der Waals surface area (Å²) in [6.45, 7) is 1.89. The average Bonchev–Trinajstić information content (AvgIpc) is 3.01. The predicted molar refractivity (Wildman–Crippen MR) is 100 cm³/mol. The number of phenolic OH excluding ortho intramolecular Hbond substituents is 1. The molecule has 1 atom stereocenters. The highest BCUT2D eigenvalue weighted by Gasteiger charge is 2.38. The average molecular weight is 385 g/mol. The number of ether oxygens (including phenoxy) is 2. The largest absolute Gasteiger partial charge is 0.508 e. The van der Waals surface area contributed by atoms with Gasteiger partial charge in [-0.1, -0.05) is 18.2 Å². The number of halogens is 1. The van der Waals surface area contributed by atoms with Gasteiger partial charge in [-0.25, -0.2) is 9.18 Å². The highest BCUT2D eigenvalue weighted by molar-refractivity contribution is 7.19. The lowest BCUT2D eigenvalue weighted by atomic mass is 9.87. The summed E-state index contributed by atoms with van der Waals surface area (Å²) in [5, 5.41) is 10.2. The molecule has 3 N–H and O–H groups in total. The minimum Gasteiger partial charge on any atom is -0.508 e. The van der Waals surface area contributed by atoms with Gasteiger partial charge in [0.25, 0.3) is 0 Å². The van der Waals surface area contributed by atoms with Gasteiger partial charge < -0.3 is 20.3 Å². The van der Waals surface area contributed by atoms with E-state index in [0.29, 0.717) is 20.7 Å². The molecule has 1 aromatic heterocycles. The van der Waals surface area contributed by atoms with E-state index in [2.05, 4.69) is 0 Å². The molecule has 0 saturated heterocycles. The first-order valence-corrected chi connectivity index (χ1v) is 9.17. The summed E-state index contributed by atoms with van der Waals surface area (Å²) in [4.78, 5) is 13.3. The van der Waals surface area contributed by atoms with Crippen molar-refractivity contribution in [2.45, 2.75) is 12.8 Å². The van der Waals surface area contributed by atoms with Gasteiger partial charge >= 0.3 is 5.97 Å². The lowest BCUT2D eigenvalue weighted by molar-refractivity contribution is -0.139. The highest BCUT2D eigenvalue weighted by atomic mass is 32.1. The molecule has 138 valence electrons. The fourth-order valence-corrected chi connectivity index (χ4v) is 4.50. The third kappa shape index (κ3) is 2.80. The Morgan fingerprint density at radius 3 is 2.74 bits per heavy atom. The smallest absolute Gasteiger partial charge is 0.340 e. The van der Waals surface area contributed by atoms with E-state index in [-0.39, 0.29) is 29.6 Å². The number of carbonyl (C=O) groups excluding carboxylic acids is 1. The SMILES string of the molecule is CCOC(=O)C1=C(N)Oc2c(sc3c(F)cccc23)C1c1ccc(O)cc1. The summed E-state index contributed by atoms with van der Waals surface area (Å²) in [7, 11) is 0. The maximum atomic E-state index is 14.3. The molecular weight excluding hydrogens is 369 g/mol. The number of carbonyl (C=O) groups is 1. The van der Waals surface area contributed by atoms with Gasteiger partial charge in [0, 0.05) is 5.39 Å². The van der Waals surface area contributed by atoms with Crippen molar-refractivity contribution in [2.75, 3.05) is 6.61 Å². The zero-order valence-electron chi connectivity index (χ0n) is 14.4. The first-order valence-electron chi connectivity index (χ1n) is 8.35. The molecule has 0 aliphatic carbocycles. The summed E-state index contributed by atoms with van der Waals surface area (Å²) >= 11 is 1.21. The summed E-state index contributed by atoms with van der Waals surface area (Å²) in [5.41, 5.74) is 6.98. The maximum absolute atomic E-state index is 14.3. The summed E-state index contributed by atoms with van der Waals surface area (Å²) in [6.07, 6.45) is 0. The molecule has 5 nitrogen and oxygen atoms in total. The van der Waals surface area contributed by atoms with Gasteiger partial charge in [0.05, 0.1) is 22.1 Å². The van der Waals surface area contributed by atoms with Crippen molar-refractivity contribution in [2.24, 2.45) is 5.73 Å². The highest BCUT2D eigenvalue weighted by Crippen LogP contribution is 2.51. The monoisotopic (exact) mass is 385 g/mol. The third-order valence-electron chi connectivity index (χ3n) is 4.40. The van der Waals surface area contributed by atoms with Crippen molar-refractivity contribution in [3.63, 3.8) is 0 Å². The summed E-state index contributed by atoms with van der Waals surface area (Å²) < 4.78 is 25.7. The van der Waals surface area contributed by atoms with Crippen LogP contribution in [0.2, 0.25) is 0 Å². The number of aromatic hydroxyl groups is 1. The second-order valence-electron chi connectivity index (χ2n) is 6.04. The quantitative estimate of drug-likeness (QED) is 0.666. The van der Waals surface area contributed by atoms with Crippen LogP contribution in [0.15, 0.2) is 53.9 Å². The normalized spacial score (nSPS) is 16.1. The fraction of sp³-hybridized carbons (Fsp3) is 0.150. The zero-order chi connectivity index (χ0) is 19.1. The Labute approximate surface area is 158 Å². The number of esters is 1. The molecule has 0 radical (unpaired) electrons. The Hall–Kier alpha value is -3.06. The van der Waals surface area contributed by atoms with Gasteiger partial charge in [-0.05, 0) is 36.8 Å². The van der Waals surface area contributed by atoms with E-state index in [1.807, 2.05) is 0 Å². The Kier molecular flexibility index (Phi) is 4.24. The van der Waals surface area contributed by atoms with Gasteiger partial charge in [0.2, 0.25) is 5.88 Å². The van der Waals surface area contributed by atoms with E-state index in [9.17, 15) is 14.3 Å². The molecule has 0 bridgehead atoms. The molecule has 2 heterocycles. The Morgan fingerprint density at radius 1 is 1.30 bits per heavy atom. The van der Waals surface area contributed by atoms with Crippen LogP contribution in [0.5, 0.6) is 11.5 Å². The molecule has 3 aromatic rings. The van der Waals surface area contributed by atoms with E-state index in [4.69, 9.17) is 15.2 Å². The molecule has 0 saturated carbocycles. The molecular formula is C20H16FNO4S. The van der Waals surface area contributed by atoms with Crippen LogP contribution in [0.3, 0.4) is 0 Å². The van der Waals surface area contributed by atoms with Gasteiger partial charge in [-0.2, -0.15) is 0 Å². The minimum atomic E-state index is -0.586. The number of fused-ring (bicyclic) bond motifs is 3. The topological polar surface area (TPSA) is 81.8 Å². The molecule has 1 aliphatic heterocycles. The number of rotatable bonds is 3. The van der Waals surface area contributed by atoms with Crippen LogP contribution in [-0.2, 0) is 9.53 Å². The van der Waals surface area contributed by atoms with Crippen molar-refractivity contribution < 1.29 is 23.8 Å². The van der Waals surface area contributed by atoms with Crippen LogP contribution in [0.1, 0.15) is 23.3 Å². The van der Waals surface area contributed by atoms with E-state index >= 15 is 0 Å². The number of phenols is 1. The van der Waals surface area contributed by atoms with E-state index in [0.717, 1.165) is 5.56 Å². The lowest BCUT2D eigenvalue weighted by Gasteiger charge is -2.26. The predicted octanol–water partition coefficient (Wildman–Crippen LogP) is 4.00. The summed E-state index contributed by atoms with van der Waals surface area (Å²) in [5.74, 6) is -1.05. The van der Waals surface area contributed by atoms with Crippen LogP contribution < -0.4 is 10.5 Å². The van der Waals surface area contributed by atoms with Gasteiger partial charge in [-0.15, -0.1) is 11.3 Å². The van der Waals surface area contributed by atoms with Crippen molar-refractivity contribution >= 4 is 27.4 Å². The number of nitrogens with two attached hydrogens (primary N) is 1. The van der Waals surface area contributed by atoms with E-state index in [1.165, 1.54) is 29.5 Å². The lowest BCUT2D eigenvalue weighted by Crippen LogP contribution is -2.26. The van der Waals surface area contributed by atoms with Crippen molar-refractivity contribution in [3.05, 3.63) is 70.2 Å². The number of thiophene rings is 1.